The third kappa shape index (κ3) is 6.21. The van der Waals surface area contributed by atoms with Gasteiger partial charge in [-0.3, -0.25) is 4.79 Å². The summed E-state index contributed by atoms with van der Waals surface area (Å²) in [6.45, 7) is 8.94. The Morgan fingerprint density at radius 2 is 2.25 bits per heavy atom. The summed E-state index contributed by atoms with van der Waals surface area (Å²) in [6.07, 6.45) is 1.63. The van der Waals surface area contributed by atoms with Crippen LogP contribution in [0, 0.1) is 0 Å². The van der Waals surface area contributed by atoms with Gasteiger partial charge in [0.2, 0.25) is 0 Å². The Kier molecular flexibility index (Phi) is 7.33. The summed E-state index contributed by atoms with van der Waals surface area (Å²) >= 11 is 3.51. The number of hydrogen-bond donors (Lipinski definition) is 2. The smallest absolute Gasteiger partial charge is 0.258 e. The van der Waals surface area contributed by atoms with Crippen molar-refractivity contribution < 1.29 is 9.53 Å². The summed E-state index contributed by atoms with van der Waals surface area (Å²) in [6, 6.07) is 6.11. The molecule has 0 radical (unpaired) electrons. The topological polar surface area (TPSA) is 50.4 Å². The van der Waals surface area contributed by atoms with Crippen LogP contribution >= 0.6 is 15.9 Å². The summed E-state index contributed by atoms with van der Waals surface area (Å²) in [5, 5.41) is 6.01. The Labute approximate surface area is 128 Å². The van der Waals surface area contributed by atoms with Gasteiger partial charge >= 0.3 is 0 Å². The Hall–Kier alpha value is -1.33. The van der Waals surface area contributed by atoms with Crippen molar-refractivity contribution in [3.05, 3.63) is 40.9 Å². The molecule has 4 nitrogen and oxygen atoms in total. The van der Waals surface area contributed by atoms with Crippen molar-refractivity contribution in [3.63, 3.8) is 0 Å². The number of rotatable bonds is 8. The van der Waals surface area contributed by atoms with E-state index in [0.29, 0.717) is 18.3 Å². The van der Waals surface area contributed by atoms with E-state index in [0.717, 1.165) is 16.6 Å². The molecular formula is C15H21BrN2O2. The largest absolute Gasteiger partial charge is 0.484 e. The number of nitrogens with one attached hydrogen (secondary N) is 2. The second kappa shape index (κ2) is 8.76. The van der Waals surface area contributed by atoms with E-state index < -0.39 is 0 Å². The Balaban J connectivity index is 2.56. The minimum absolute atomic E-state index is 0.00647. The van der Waals surface area contributed by atoms with E-state index in [2.05, 4.69) is 47.0 Å². The normalized spacial score (nSPS) is 10.4. The molecule has 0 aromatic heterocycles. The molecule has 1 aromatic rings. The highest BCUT2D eigenvalue weighted by Crippen LogP contribution is 2.22. The third-order valence-corrected chi connectivity index (χ3v) is 3.31. The van der Waals surface area contributed by atoms with E-state index in [1.807, 2.05) is 18.2 Å². The van der Waals surface area contributed by atoms with E-state index in [4.69, 9.17) is 4.74 Å². The molecule has 0 aliphatic heterocycles. The highest BCUT2D eigenvalue weighted by molar-refractivity contribution is 9.10. The molecule has 0 saturated heterocycles. The zero-order chi connectivity index (χ0) is 15.0. The van der Waals surface area contributed by atoms with Gasteiger partial charge in [0.15, 0.2) is 6.61 Å². The number of ether oxygens (including phenoxy) is 1. The quantitative estimate of drug-likeness (QED) is 0.715. The molecule has 1 aromatic carbocycles. The van der Waals surface area contributed by atoms with Crippen molar-refractivity contribution in [1.82, 2.24) is 10.6 Å². The maximum Gasteiger partial charge on any atom is 0.258 e. The first-order valence-corrected chi connectivity index (χ1v) is 7.34. The number of carbonyl (C=O) groups excluding carboxylic acids is 1. The van der Waals surface area contributed by atoms with E-state index >= 15 is 0 Å². The van der Waals surface area contributed by atoms with Gasteiger partial charge in [-0.1, -0.05) is 35.9 Å². The third-order valence-electron chi connectivity index (χ3n) is 2.53. The standard InChI is InChI=1S/C15H21BrN2O2/c1-4-7-17-15(19)10-20-13-5-6-14(16)12(8-13)9-18-11(2)3/h4-6,8,11,18H,1,7,9-10H2,2-3H3,(H,17,19). The Morgan fingerprint density at radius 3 is 2.90 bits per heavy atom. The van der Waals surface area contributed by atoms with Gasteiger partial charge in [-0.25, -0.2) is 0 Å². The molecule has 1 rings (SSSR count). The van der Waals surface area contributed by atoms with Gasteiger partial charge in [0.05, 0.1) is 0 Å². The van der Waals surface area contributed by atoms with Crippen LogP contribution in [-0.2, 0) is 11.3 Å². The Bertz CT molecular complexity index is 461. The number of benzene rings is 1. The highest BCUT2D eigenvalue weighted by Gasteiger charge is 2.05. The number of hydrogen-bond acceptors (Lipinski definition) is 3. The second-order valence-electron chi connectivity index (χ2n) is 4.67. The van der Waals surface area contributed by atoms with Crippen LogP contribution in [0.1, 0.15) is 19.4 Å². The molecule has 0 aliphatic carbocycles. The first-order valence-electron chi connectivity index (χ1n) is 6.55. The van der Waals surface area contributed by atoms with Gasteiger partial charge < -0.3 is 15.4 Å². The maximum absolute atomic E-state index is 11.4. The molecule has 1 amide bonds. The fourth-order valence-corrected chi connectivity index (χ4v) is 1.86. The van der Waals surface area contributed by atoms with Crippen LogP contribution in [0.15, 0.2) is 35.3 Å². The van der Waals surface area contributed by atoms with E-state index in [1.165, 1.54) is 0 Å². The summed E-state index contributed by atoms with van der Waals surface area (Å²) in [4.78, 5) is 11.4. The van der Waals surface area contributed by atoms with Gasteiger partial charge in [-0.2, -0.15) is 0 Å². The van der Waals surface area contributed by atoms with Crippen LogP contribution in [0.5, 0.6) is 5.75 Å². The summed E-state index contributed by atoms with van der Waals surface area (Å²) in [7, 11) is 0. The van der Waals surface area contributed by atoms with E-state index in [1.54, 1.807) is 6.08 Å². The van der Waals surface area contributed by atoms with Gasteiger partial charge in [0, 0.05) is 23.6 Å². The van der Waals surface area contributed by atoms with Crippen molar-refractivity contribution in [2.24, 2.45) is 0 Å². The molecule has 0 atom stereocenters. The maximum atomic E-state index is 11.4. The molecule has 5 heteroatoms. The molecule has 0 unspecified atom stereocenters. The van der Waals surface area contributed by atoms with Crippen LogP contribution in [0.3, 0.4) is 0 Å². The molecule has 0 saturated carbocycles. The molecule has 0 bridgehead atoms. The zero-order valence-corrected chi connectivity index (χ0v) is 13.5. The fourth-order valence-electron chi connectivity index (χ4n) is 1.48. The zero-order valence-electron chi connectivity index (χ0n) is 11.9. The number of carbonyl (C=O) groups is 1. The molecule has 20 heavy (non-hydrogen) atoms. The molecule has 2 N–H and O–H groups in total. The van der Waals surface area contributed by atoms with E-state index in [-0.39, 0.29) is 12.5 Å². The minimum atomic E-state index is -0.158. The monoisotopic (exact) mass is 340 g/mol. The molecular weight excluding hydrogens is 320 g/mol. The average molecular weight is 341 g/mol. The molecule has 0 fully saturated rings. The van der Waals surface area contributed by atoms with Crippen LogP contribution < -0.4 is 15.4 Å². The van der Waals surface area contributed by atoms with Crippen molar-refractivity contribution >= 4 is 21.8 Å². The van der Waals surface area contributed by atoms with Crippen molar-refractivity contribution in [2.75, 3.05) is 13.2 Å². The molecule has 0 spiro atoms. The van der Waals surface area contributed by atoms with Gasteiger partial charge in [-0.05, 0) is 23.8 Å². The van der Waals surface area contributed by atoms with Crippen LogP contribution in [0.2, 0.25) is 0 Å². The molecule has 110 valence electrons. The van der Waals surface area contributed by atoms with Crippen molar-refractivity contribution in [3.8, 4) is 5.75 Å². The number of amides is 1. The summed E-state index contributed by atoms with van der Waals surface area (Å²) in [5.74, 6) is 0.525. The molecule has 0 aliphatic rings. The highest BCUT2D eigenvalue weighted by atomic mass is 79.9. The van der Waals surface area contributed by atoms with Crippen molar-refractivity contribution in [2.45, 2.75) is 26.4 Å². The lowest BCUT2D eigenvalue weighted by Crippen LogP contribution is -2.28. The predicted octanol–water partition coefficient (Wildman–Crippen LogP) is 2.63. The Morgan fingerprint density at radius 1 is 1.50 bits per heavy atom. The lowest BCUT2D eigenvalue weighted by molar-refractivity contribution is -0.122. The number of halogens is 1. The average Bonchev–Trinajstić information content (AvgIpc) is 2.42. The fraction of sp³-hybridized carbons (Fsp3) is 0.400. The first-order chi connectivity index (χ1) is 9.52. The second-order valence-corrected chi connectivity index (χ2v) is 5.52. The summed E-state index contributed by atoms with van der Waals surface area (Å²) < 4.78 is 6.49. The predicted molar refractivity (Wildman–Crippen MR) is 84.8 cm³/mol. The van der Waals surface area contributed by atoms with Gasteiger partial charge in [0.1, 0.15) is 5.75 Å². The SMILES string of the molecule is C=CCNC(=O)COc1ccc(Br)c(CNC(C)C)c1. The first kappa shape index (κ1) is 16.7. The van der Waals surface area contributed by atoms with E-state index in [9.17, 15) is 4.79 Å². The lowest BCUT2D eigenvalue weighted by Gasteiger charge is -2.12. The lowest BCUT2D eigenvalue weighted by atomic mass is 10.2. The van der Waals surface area contributed by atoms with Gasteiger partial charge in [0.25, 0.3) is 5.91 Å². The van der Waals surface area contributed by atoms with Crippen LogP contribution in [0.4, 0.5) is 0 Å². The molecule has 0 heterocycles. The minimum Gasteiger partial charge on any atom is -0.484 e. The summed E-state index contributed by atoms with van der Waals surface area (Å²) in [5.41, 5.74) is 1.10. The van der Waals surface area contributed by atoms with Crippen LogP contribution in [-0.4, -0.2) is 25.1 Å². The van der Waals surface area contributed by atoms with Gasteiger partial charge in [-0.15, -0.1) is 6.58 Å². The van der Waals surface area contributed by atoms with Crippen LogP contribution in [0.25, 0.3) is 0 Å². The van der Waals surface area contributed by atoms with Crippen molar-refractivity contribution in [1.29, 1.82) is 0 Å².